The zero-order valence-corrected chi connectivity index (χ0v) is 13.3. The molecule has 0 bridgehead atoms. The number of carbonyl (C=O) groups is 1. The van der Waals surface area contributed by atoms with Crippen molar-refractivity contribution in [2.45, 2.75) is 25.3 Å². The summed E-state index contributed by atoms with van der Waals surface area (Å²) >= 11 is 5.97. The van der Waals surface area contributed by atoms with E-state index in [1.165, 1.54) is 0 Å². The monoisotopic (exact) mass is 326 g/mol. The number of benzene rings is 1. The lowest BCUT2D eigenvalue weighted by Crippen LogP contribution is -2.34. The summed E-state index contributed by atoms with van der Waals surface area (Å²) in [6.45, 7) is 2.04. The van der Waals surface area contributed by atoms with Crippen molar-refractivity contribution in [2.24, 2.45) is 0 Å². The van der Waals surface area contributed by atoms with E-state index in [9.17, 15) is 4.79 Å². The molecule has 1 N–H and O–H groups in total. The smallest absolute Gasteiger partial charge is 0.272 e. The van der Waals surface area contributed by atoms with E-state index in [0.29, 0.717) is 16.4 Å². The number of carbonyl (C=O) groups excluding carboxylic acids is 1. The van der Waals surface area contributed by atoms with Crippen LogP contribution in [0.15, 0.2) is 42.7 Å². The Bertz CT molecular complexity index is 897. The van der Waals surface area contributed by atoms with Crippen LogP contribution < -0.4 is 5.32 Å². The number of rotatable bonds is 3. The molecule has 0 unspecified atom stereocenters. The van der Waals surface area contributed by atoms with Crippen LogP contribution in [0.5, 0.6) is 0 Å². The third-order valence-electron chi connectivity index (χ3n) is 4.16. The molecule has 0 spiro atoms. The van der Waals surface area contributed by atoms with Crippen LogP contribution in [0.3, 0.4) is 0 Å². The maximum atomic E-state index is 12.7. The van der Waals surface area contributed by atoms with Gasteiger partial charge in [0.1, 0.15) is 0 Å². The number of nitrogens with one attached hydrogen (secondary N) is 1. The summed E-state index contributed by atoms with van der Waals surface area (Å²) in [5, 5.41) is 8.14. The Morgan fingerprint density at radius 1 is 1.30 bits per heavy atom. The lowest BCUT2D eigenvalue weighted by Gasteiger charge is -2.10. The lowest BCUT2D eigenvalue weighted by atomic mass is 10.1. The number of hydrogen-bond acceptors (Lipinski definition) is 3. The van der Waals surface area contributed by atoms with Crippen LogP contribution in [0.1, 0.15) is 30.3 Å². The largest absolute Gasteiger partial charge is 0.345 e. The van der Waals surface area contributed by atoms with E-state index >= 15 is 0 Å². The first-order chi connectivity index (χ1) is 11.1. The van der Waals surface area contributed by atoms with Crippen LogP contribution in [0, 0.1) is 0 Å². The molecule has 6 heteroatoms. The van der Waals surface area contributed by atoms with Gasteiger partial charge >= 0.3 is 0 Å². The highest BCUT2D eigenvalue weighted by atomic mass is 35.5. The van der Waals surface area contributed by atoms with E-state index in [4.69, 9.17) is 11.6 Å². The molecule has 0 atom stereocenters. The number of fused-ring (bicyclic) bond motifs is 1. The van der Waals surface area contributed by atoms with Crippen molar-refractivity contribution in [3.63, 3.8) is 0 Å². The van der Waals surface area contributed by atoms with E-state index in [2.05, 4.69) is 15.4 Å². The molecule has 2 heterocycles. The molecule has 1 amide bonds. The quantitative estimate of drug-likeness (QED) is 0.803. The second kappa shape index (κ2) is 5.06. The summed E-state index contributed by atoms with van der Waals surface area (Å²) in [5.41, 5.74) is 2.54. The second-order valence-electron chi connectivity index (χ2n) is 6.13. The fourth-order valence-corrected chi connectivity index (χ4v) is 2.70. The van der Waals surface area contributed by atoms with Gasteiger partial charge in [-0.15, -0.1) is 0 Å². The van der Waals surface area contributed by atoms with Crippen LogP contribution in [0.25, 0.3) is 16.8 Å². The van der Waals surface area contributed by atoms with Crippen LogP contribution in [-0.4, -0.2) is 26.0 Å². The SMILES string of the molecule is CC1(NC(=O)c2nn3cccnc3c2-c2ccc(Cl)cc2)CC1. The van der Waals surface area contributed by atoms with E-state index in [-0.39, 0.29) is 11.4 Å². The Balaban J connectivity index is 1.87. The standard InChI is InChI=1S/C17H15ClN4O/c1-17(7-8-17)20-16(23)14-13(11-3-5-12(18)6-4-11)15-19-9-2-10-22(15)21-14/h2-6,9-10H,7-8H2,1H3,(H,20,23). The molecule has 1 aliphatic rings. The van der Waals surface area contributed by atoms with Crippen molar-refractivity contribution in [2.75, 3.05) is 0 Å². The first kappa shape index (κ1) is 14.2. The molecule has 1 fully saturated rings. The highest BCUT2D eigenvalue weighted by molar-refractivity contribution is 6.30. The van der Waals surface area contributed by atoms with Gasteiger partial charge in [0, 0.05) is 23.0 Å². The summed E-state index contributed by atoms with van der Waals surface area (Å²) in [4.78, 5) is 17.1. The van der Waals surface area contributed by atoms with Gasteiger partial charge in [0.15, 0.2) is 11.3 Å². The van der Waals surface area contributed by atoms with E-state index in [1.807, 2.05) is 19.1 Å². The van der Waals surface area contributed by atoms with E-state index < -0.39 is 0 Å². The number of hydrogen-bond donors (Lipinski definition) is 1. The Morgan fingerprint density at radius 2 is 2.04 bits per heavy atom. The Labute approximate surface area is 138 Å². The molecule has 23 heavy (non-hydrogen) atoms. The van der Waals surface area contributed by atoms with Gasteiger partial charge in [-0.25, -0.2) is 9.50 Å². The molecular formula is C17H15ClN4O. The highest BCUT2D eigenvalue weighted by Gasteiger charge is 2.40. The van der Waals surface area contributed by atoms with E-state index in [1.54, 1.807) is 35.1 Å². The first-order valence-corrected chi connectivity index (χ1v) is 7.85. The van der Waals surface area contributed by atoms with E-state index in [0.717, 1.165) is 24.0 Å². The number of halogens is 1. The summed E-state index contributed by atoms with van der Waals surface area (Å²) in [6.07, 6.45) is 5.49. The van der Waals surface area contributed by atoms with Gasteiger partial charge < -0.3 is 5.32 Å². The topological polar surface area (TPSA) is 59.3 Å². The minimum absolute atomic E-state index is 0.0996. The van der Waals surface area contributed by atoms with Gasteiger partial charge in [0.05, 0.1) is 5.56 Å². The van der Waals surface area contributed by atoms with Crippen molar-refractivity contribution in [1.82, 2.24) is 19.9 Å². The molecule has 1 aromatic carbocycles. The summed E-state index contributed by atoms with van der Waals surface area (Å²) in [5.74, 6) is -0.166. The Kier molecular flexibility index (Phi) is 3.13. The maximum Gasteiger partial charge on any atom is 0.272 e. The predicted octanol–water partition coefficient (Wildman–Crippen LogP) is 3.33. The highest BCUT2D eigenvalue weighted by Crippen LogP contribution is 2.35. The molecular weight excluding hydrogens is 312 g/mol. The average Bonchev–Trinajstić information content (AvgIpc) is 3.13. The molecule has 1 saturated carbocycles. The molecule has 2 aromatic heterocycles. The van der Waals surface area contributed by atoms with Crippen molar-refractivity contribution in [1.29, 1.82) is 0 Å². The van der Waals surface area contributed by atoms with Gasteiger partial charge in [0.25, 0.3) is 5.91 Å². The van der Waals surface area contributed by atoms with Crippen LogP contribution >= 0.6 is 11.6 Å². The predicted molar refractivity (Wildman–Crippen MR) is 88.5 cm³/mol. The minimum Gasteiger partial charge on any atom is -0.345 e. The van der Waals surface area contributed by atoms with Crippen molar-refractivity contribution < 1.29 is 4.79 Å². The molecule has 116 valence electrons. The van der Waals surface area contributed by atoms with Gasteiger partial charge in [0.2, 0.25) is 0 Å². The van der Waals surface area contributed by atoms with Gasteiger partial charge in [-0.05, 0) is 43.5 Å². The molecule has 5 nitrogen and oxygen atoms in total. The summed E-state index contributed by atoms with van der Waals surface area (Å²) < 4.78 is 1.63. The fraction of sp³-hybridized carbons (Fsp3) is 0.235. The Morgan fingerprint density at radius 3 is 2.74 bits per heavy atom. The fourth-order valence-electron chi connectivity index (χ4n) is 2.57. The minimum atomic E-state index is -0.166. The second-order valence-corrected chi connectivity index (χ2v) is 6.57. The van der Waals surface area contributed by atoms with Crippen molar-refractivity contribution >= 4 is 23.2 Å². The third kappa shape index (κ3) is 2.57. The number of aromatic nitrogens is 3. The zero-order valence-electron chi connectivity index (χ0n) is 12.6. The van der Waals surface area contributed by atoms with Crippen LogP contribution in [0.2, 0.25) is 5.02 Å². The van der Waals surface area contributed by atoms with Crippen molar-refractivity contribution in [3.05, 3.63) is 53.4 Å². The number of nitrogens with zero attached hydrogens (tertiary/aromatic N) is 3. The molecule has 1 aliphatic carbocycles. The van der Waals surface area contributed by atoms with Gasteiger partial charge in [-0.1, -0.05) is 23.7 Å². The molecule has 0 aliphatic heterocycles. The number of amides is 1. The van der Waals surface area contributed by atoms with Crippen molar-refractivity contribution in [3.8, 4) is 11.1 Å². The average molecular weight is 327 g/mol. The summed E-state index contributed by atoms with van der Waals surface area (Å²) in [6, 6.07) is 9.14. The normalized spacial score (nSPS) is 15.6. The maximum absolute atomic E-state index is 12.7. The lowest BCUT2D eigenvalue weighted by molar-refractivity contribution is 0.0930. The summed E-state index contributed by atoms with van der Waals surface area (Å²) in [7, 11) is 0. The van der Waals surface area contributed by atoms with Gasteiger partial charge in [-0.2, -0.15) is 5.10 Å². The zero-order chi connectivity index (χ0) is 16.0. The van der Waals surface area contributed by atoms with Gasteiger partial charge in [-0.3, -0.25) is 4.79 Å². The molecule has 0 saturated heterocycles. The molecule has 3 aromatic rings. The first-order valence-electron chi connectivity index (χ1n) is 7.48. The van der Waals surface area contributed by atoms with Crippen LogP contribution in [0.4, 0.5) is 0 Å². The Hall–Kier alpha value is -2.40. The third-order valence-corrected chi connectivity index (χ3v) is 4.41. The molecule has 4 rings (SSSR count). The van der Waals surface area contributed by atoms with Crippen LogP contribution in [-0.2, 0) is 0 Å². The molecule has 0 radical (unpaired) electrons.